The Bertz CT molecular complexity index is 696. The average molecular weight is 339 g/mol. The molecule has 1 heterocycles. The van der Waals surface area contributed by atoms with Crippen molar-refractivity contribution in [3.05, 3.63) is 50.2 Å². The summed E-state index contributed by atoms with van der Waals surface area (Å²) in [7, 11) is 1.71. The van der Waals surface area contributed by atoms with E-state index in [0.29, 0.717) is 4.47 Å². The summed E-state index contributed by atoms with van der Waals surface area (Å²) in [4.78, 5) is 22.5. The fourth-order valence-electron chi connectivity index (χ4n) is 1.65. The molecule has 0 saturated carbocycles. The van der Waals surface area contributed by atoms with E-state index in [4.69, 9.17) is 0 Å². The number of para-hydroxylation sites is 2. The van der Waals surface area contributed by atoms with Gasteiger partial charge in [-0.15, -0.1) is 0 Å². The van der Waals surface area contributed by atoms with Gasteiger partial charge in [0.05, 0.1) is 15.1 Å². The minimum absolute atomic E-state index is 0.137. The highest BCUT2D eigenvalue weighted by Crippen LogP contribution is 2.25. The second-order valence-electron chi connectivity index (χ2n) is 4.10. The molecule has 0 aliphatic heterocycles. The second kappa shape index (κ2) is 5.41. The molecule has 0 fully saturated rings. The number of carbonyl (C=O) groups is 1. The zero-order valence-electron chi connectivity index (χ0n) is 10.8. The van der Waals surface area contributed by atoms with Gasteiger partial charge >= 0.3 is 0 Å². The van der Waals surface area contributed by atoms with Crippen molar-refractivity contribution in [1.82, 2.24) is 9.78 Å². The smallest absolute Gasteiger partial charge is 0.292 e. The first-order valence-electron chi connectivity index (χ1n) is 5.65. The van der Waals surface area contributed by atoms with Crippen LogP contribution in [0.2, 0.25) is 0 Å². The monoisotopic (exact) mass is 338 g/mol. The summed E-state index contributed by atoms with van der Waals surface area (Å²) >= 11 is 3.28. The minimum atomic E-state index is -0.547. The third-order valence-corrected chi connectivity index (χ3v) is 3.77. The van der Waals surface area contributed by atoms with Gasteiger partial charge in [0.15, 0.2) is 5.69 Å². The maximum atomic E-state index is 12.1. The summed E-state index contributed by atoms with van der Waals surface area (Å²) in [6.07, 6.45) is 0. The van der Waals surface area contributed by atoms with E-state index >= 15 is 0 Å². The lowest BCUT2D eigenvalue weighted by atomic mass is 10.2. The third-order valence-electron chi connectivity index (χ3n) is 2.82. The van der Waals surface area contributed by atoms with E-state index in [0.717, 1.165) is 5.69 Å². The summed E-state index contributed by atoms with van der Waals surface area (Å²) in [6, 6.07) is 5.95. The fourth-order valence-corrected chi connectivity index (χ4v) is 2.16. The number of carbonyl (C=O) groups excluding carboxylic acids is 1. The van der Waals surface area contributed by atoms with E-state index in [1.807, 2.05) is 0 Å². The lowest BCUT2D eigenvalue weighted by molar-refractivity contribution is -0.383. The molecule has 0 atom stereocenters. The normalized spacial score (nSPS) is 10.3. The molecule has 1 amide bonds. The Hall–Kier alpha value is -2.22. The molecule has 0 aliphatic carbocycles. The maximum Gasteiger partial charge on any atom is 0.292 e. The number of benzene rings is 1. The first-order valence-corrected chi connectivity index (χ1v) is 6.45. The zero-order chi connectivity index (χ0) is 14.9. The van der Waals surface area contributed by atoms with Gasteiger partial charge < -0.3 is 5.32 Å². The molecule has 0 unspecified atom stereocenters. The topological polar surface area (TPSA) is 90.1 Å². The number of nitro groups is 1. The Morgan fingerprint density at radius 2 is 2.10 bits per heavy atom. The SMILES string of the molecule is Cc1c(Br)c(C(=O)Nc2ccccc2[N+](=O)[O-])nn1C. The Labute approximate surface area is 122 Å². The van der Waals surface area contributed by atoms with Crippen LogP contribution >= 0.6 is 15.9 Å². The molecule has 0 aliphatic rings. The predicted molar refractivity (Wildman–Crippen MR) is 76.7 cm³/mol. The Kier molecular flexibility index (Phi) is 3.84. The number of hydrogen-bond donors (Lipinski definition) is 1. The highest BCUT2D eigenvalue weighted by molar-refractivity contribution is 9.10. The van der Waals surface area contributed by atoms with Crippen molar-refractivity contribution < 1.29 is 9.72 Å². The number of anilines is 1. The van der Waals surface area contributed by atoms with Crippen LogP contribution in [-0.4, -0.2) is 20.6 Å². The molecular weight excluding hydrogens is 328 g/mol. The first-order chi connectivity index (χ1) is 9.41. The predicted octanol–water partition coefficient (Wildman–Crippen LogP) is 2.65. The fraction of sp³-hybridized carbons (Fsp3) is 0.167. The molecule has 2 aromatic rings. The van der Waals surface area contributed by atoms with Crippen molar-refractivity contribution in [2.75, 3.05) is 5.32 Å². The van der Waals surface area contributed by atoms with E-state index in [-0.39, 0.29) is 17.1 Å². The summed E-state index contributed by atoms with van der Waals surface area (Å²) in [5.41, 5.74) is 0.947. The van der Waals surface area contributed by atoms with Crippen LogP contribution in [-0.2, 0) is 7.05 Å². The Balaban J connectivity index is 2.33. The van der Waals surface area contributed by atoms with Crippen molar-refractivity contribution in [2.45, 2.75) is 6.92 Å². The van der Waals surface area contributed by atoms with Gasteiger partial charge in [-0.25, -0.2) is 0 Å². The lowest BCUT2D eigenvalue weighted by Crippen LogP contribution is -2.14. The third kappa shape index (κ3) is 2.55. The molecule has 8 heteroatoms. The molecule has 0 radical (unpaired) electrons. The molecule has 1 aromatic heterocycles. The molecule has 7 nitrogen and oxygen atoms in total. The van der Waals surface area contributed by atoms with Crippen LogP contribution in [0.25, 0.3) is 0 Å². The molecule has 0 spiro atoms. The molecule has 0 bridgehead atoms. The highest BCUT2D eigenvalue weighted by Gasteiger charge is 2.21. The zero-order valence-corrected chi connectivity index (χ0v) is 12.3. The highest BCUT2D eigenvalue weighted by atomic mass is 79.9. The summed E-state index contributed by atoms with van der Waals surface area (Å²) in [5, 5.41) is 17.5. The van der Waals surface area contributed by atoms with Gasteiger partial charge in [0.2, 0.25) is 0 Å². The maximum absolute atomic E-state index is 12.1. The molecular formula is C12H11BrN4O3. The van der Waals surface area contributed by atoms with Crippen molar-refractivity contribution in [3.8, 4) is 0 Å². The van der Waals surface area contributed by atoms with Gasteiger partial charge in [-0.3, -0.25) is 19.6 Å². The molecule has 104 valence electrons. The van der Waals surface area contributed by atoms with E-state index in [2.05, 4.69) is 26.3 Å². The average Bonchev–Trinajstić information content (AvgIpc) is 2.67. The minimum Gasteiger partial charge on any atom is -0.315 e. The number of hydrogen-bond acceptors (Lipinski definition) is 4. The van der Waals surface area contributed by atoms with Crippen molar-refractivity contribution >= 4 is 33.2 Å². The molecule has 1 aromatic carbocycles. The molecule has 20 heavy (non-hydrogen) atoms. The van der Waals surface area contributed by atoms with Gasteiger partial charge in [0, 0.05) is 13.1 Å². The summed E-state index contributed by atoms with van der Waals surface area (Å²) in [6.45, 7) is 1.80. The number of nitrogens with one attached hydrogen (secondary N) is 1. The van der Waals surface area contributed by atoms with Crippen LogP contribution in [0.3, 0.4) is 0 Å². The van der Waals surface area contributed by atoms with E-state index in [9.17, 15) is 14.9 Å². The number of amides is 1. The Morgan fingerprint density at radius 3 is 2.65 bits per heavy atom. The first kappa shape index (κ1) is 14.2. The number of rotatable bonds is 3. The van der Waals surface area contributed by atoms with Gasteiger partial charge in [-0.2, -0.15) is 5.10 Å². The van der Waals surface area contributed by atoms with Gasteiger partial charge in [-0.1, -0.05) is 12.1 Å². The van der Waals surface area contributed by atoms with Gasteiger partial charge in [0.25, 0.3) is 11.6 Å². The van der Waals surface area contributed by atoms with E-state index in [1.165, 1.54) is 18.2 Å². The van der Waals surface area contributed by atoms with Crippen molar-refractivity contribution in [3.63, 3.8) is 0 Å². The molecule has 2 rings (SSSR count). The number of nitro benzene ring substituents is 1. The van der Waals surface area contributed by atoms with E-state index < -0.39 is 10.8 Å². The standard InChI is InChI=1S/C12H11BrN4O3/c1-7-10(13)11(15-16(7)2)12(18)14-8-5-3-4-6-9(8)17(19)20/h3-6H,1-2H3,(H,14,18). The molecule has 0 saturated heterocycles. The lowest BCUT2D eigenvalue weighted by Gasteiger charge is -2.04. The van der Waals surface area contributed by atoms with Crippen LogP contribution in [0.5, 0.6) is 0 Å². The summed E-state index contributed by atoms with van der Waals surface area (Å²) in [5.74, 6) is -0.505. The number of halogens is 1. The summed E-state index contributed by atoms with van der Waals surface area (Å²) < 4.78 is 2.12. The molecule has 1 N–H and O–H groups in total. The van der Waals surface area contributed by atoms with Crippen LogP contribution < -0.4 is 5.32 Å². The second-order valence-corrected chi connectivity index (χ2v) is 4.89. The van der Waals surface area contributed by atoms with Crippen molar-refractivity contribution in [2.24, 2.45) is 7.05 Å². The van der Waals surface area contributed by atoms with Gasteiger partial charge in [-0.05, 0) is 28.9 Å². The van der Waals surface area contributed by atoms with Crippen LogP contribution in [0.1, 0.15) is 16.2 Å². The van der Waals surface area contributed by atoms with Crippen LogP contribution in [0.15, 0.2) is 28.7 Å². The number of aryl methyl sites for hydroxylation is 1. The van der Waals surface area contributed by atoms with Crippen LogP contribution in [0, 0.1) is 17.0 Å². The quantitative estimate of drug-likeness (QED) is 0.688. The number of nitrogens with zero attached hydrogens (tertiary/aromatic N) is 3. The van der Waals surface area contributed by atoms with Crippen molar-refractivity contribution in [1.29, 1.82) is 0 Å². The largest absolute Gasteiger partial charge is 0.315 e. The van der Waals surface area contributed by atoms with Gasteiger partial charge in [0.1, 0.15) is 5.69 Å². The Morgan fingerprint density at radius 1 is 1.45 bits per heavy atom. The van der Waals surface area contributed by atoms with Crippen LogP contribution in [0.4, 0.5) is 11.4 Å². The van der Waals surface area contributed by atoms with E-state index in [1.54, 1.807) is 24.7 Å². The number of aromatic nitrogens is 2.